The molecule has 0 heterocycles. The zero-order valence-corrected chi connectivity index (χ0v) is 9.91. The van der Waals surface area contributed by atoms with Crippen LogP contribution in [-0.2, 0) is 0 Å². The second-order valence-corrected chi connectivity index (χ2v) is 5.85. The number of halogens is 1. The zero-order valence-electron chi connectivity index (χ0n) is 9.01. The van der Waals surface area contributed by atoms with Crippen LogP contribution in [0, 0.1) is 0 Å². The minimum absolute atomic E-state index is 0.254. The Labute approximate surface area is 96.9 Å². The largest absolute Gasteiger partial charge is 0.251 e. The molecule has 0 aliphatic carbocycles. The molecule has 0 aliphatic heterocycles. The maximum atomic E-state index is 12.6. The third-order valence-electron chi connectivity index (χ3n) is 2.44. The summed E-state index contributed by atoms with van der Waals surface area (Å²) in [6.45, 7) is -0.254. The Morgan fingerprint density at radius 1 is 0.750 bits per heavy atom. The number of rotatable bonds is 4. The quantitative estimate of drug-likeness (QED) is 0.710. The fraction of sp³-hybridized carbons (Fsp3) is 0.143. The standard InChI is InChI=1S/C14H14FP/c15-11-12-16(13-7-3-1-4-8-13)14-9-5-2-6-10-14/h1-10H,11-12H2. The van der Waals surface area contributed by atoms with E-state index in [9.17, 15) is 4.39 Å². The fourth-order valence-corrected chi connectivity index (χ4v) is 3.76. The van der Waals surface area contributed by atoms with Gasteiger partial charge in [-0.2, -0.15) is 0 Å². The van der Waals surface area contributed by atoms with Crippen LogP contribution in [0.25, 0.3) is 0 Å². The van der Waals surface area contributed by atoms with Crippen LogP contribution in [0.4, 0.5) is 4.39 Å². The minimum Gasteiger partial charge on any atom is -0.251 e. The number of benzene rings is 2. The summed E-state index contributed by atoms with van der Waals surface area (Å²) in [7, 11) is -0.526. The van der Waals surface area contributed by atoms with Crippen molar-refractivity contribution >= 4 is 18.5 Å². The minimum atomic E-state index is -0.526. The molecule has 0 aliphatic rings. The molecular weight excluding hydrogens is 218 g/mol. The van der Waals surface area contributed by atoms with Crippen molar-refractivity contribution < 1.29 is 4.39 Å². The van der Waals surface area contributed by atoms with Gasteiger partial charge < -0.3 is 0 Å². The molecular formula is C14H14FP. The van der Waals surface area contributed by atoms with Gasteiger partial charge in [-0.3, -0.25) is 4.39 Å². The smallest absolute Gasteiger partial charge is 0.0939 e. The molecule has 2 aromatic carbocycles. The van der Waals surface area contributed by atoms with Gasteiger partial charge in [0.05, 0.1) is 6.67 Å². The first kappa shape index (κ1) is 11.3. The summed E-state index contributed by atoms with van der Waals surface area (Å²) in [6, 6.07) is 20.4. The van der Waals surface area contributed by atoms with Gasteiger partial charge in [-0.25, -0.2) is 0 Å². The number of hydrogen-bond donors (Lipinski definition) is 0. The van der Waals surface area contributed by atoms with Crippen molar-refractivity contribution in [2.24, 2.45) is 0 Å². The molecule has 2 aromatic rings. The molecule has 2 rings (SSSR count). The third kappa shape index (κ3) is 2.68. The molecule has 0 amide bonds. The van der Waals surface area contributed by atoms with Gasteiger partial charge in [0.1, 0.15) is 0 Å². The fourth-order valence-electron chi connectivity index (χ4n) is 1.71. The van der Waals surface area contributed by atoms with Gasteiger partial charge in [0.2, 0.25) is 0 Å². The molecule has 82 valence electrons. The maximum Gasteiger partial charge on any atom is 0.0939 e. The van der Waals surface area contributed by atoms with E-state index in [0.29, 0.717) is 6.16 Å². The van der Waals surface area contributed by atoms with E-state index in [2.05, 4.69) is 24.3 Å². The van der Waals surface area contributed by atoms with E-state index in [1.165, 1.54) is 10.6 Å². The normalized spacial score (nSPS) is 10.6. The van der Waals surface area contributed by atoms with Crippen molar-refractivity contribution in [2.45, 2.75) is 0 Å². The SMILES string of the molecule is FCCP(c1ccccc1)c1ccccc1. The van der Waals surface area contributed by atoms with Crippen molar-refractivity contribution in [3.8, 4) is 0 Å². The first-order chi connectivity index (χ1) is 7.92. The van der Waals surface area contributed by atoms with Crippen LogP contribution in [0.2, 0.25) is 0 Å². The Balaban J connectivity index is 2.31. The van der Waals surface area contributed by atoms with Gasteiger partial charge in [-0.1, -0.05) is 60.7 Å². The first-order valence-electron chi connectivity index (χ1n) is 5.35. The lowest BCUT2D eigenvalue weighted by Crippen LogP contribution is -2.14. The molecule has 0 nitrogen and oxygen atoms in total. The van der Waals surface area contributed by atoms with Gasteiger partial charge in [-0.05, 0) is 18.5 Å². The monoisotopic (exact) mass is 232 g/mol. The molecule has 0 aromatic heterocycles. The van der Waals surface area contributed by atoms with Crippen LogP contribution >= 0.6 is 7.92 Å². The van der Waals surface area contributed by atoms with Gasteiger partial charge in [0.15, 0.2) is 0 Å². The van der Waals surface area contributed by atoms with Crippen molar-refractivity contribution in [1.29, 1.82) is 0 Å². The van der Waals surface area contributed by atoms with Gasteiger partial charge in [-0.15, -0.1) is 0 Å². The van der Waals surface area contributed by atoms with Crippen LogP contribution in [0.15, 0.2) is 60.7 Å². The van der Waals surface area contributed by atoms with E-state index in [1.807, 2.05) is 36.4 Å². The highest BCUT2D eigenvalue weighted by Gasteiger charge is 2.12. The molecule has 0 spiro atoms. The third-order valence-corrected chi connectivity index (χ3v) is 4.90. The molecule has 0 saturated carbocycles. The van der Waals surface area contributed by atoms with E-state index in [0.717, 1.165) is 0 Å². The molecule has 0 bridgehead atoms. The summed E-state index contributed by atoms with van der Waals surface area (Å²) in [4.78, 5) is 0. The molecule has 0 fully saturated rings. The number of alkyl halides is 1. The topological polar surface area (TPSA) is 0 Å². The van der Waals surface area contributed by atoms with Gasteiger partial charge >= 0.3 is 0 Å². The van der Waals surface area contributed by atoms with Crippen LogP contribution in [0.5, 0.6) is 0 Å². The predicted molar refractivity (Wildman–Crippen MR) is 69.9 cm³/mol. The van der Waals surface area contributed by atoms with E-state index >= 15 is 0 Å². The highest BCUT2D eigenvalue weighted by Crippen LogP contribution is 2.32. The van der Waals surface area contributed by atoms with E-state index in [1.54, 1.807) is 0 Å². The van der Waals surface area contributed by atoms with Crippen molar-refractivity contribution in [2.75, 3.05) is 12.8 Å². The Kier molecular flexibility index (Phi) is 4.07. The highest BCUT2D eigenvalue weighted by molar-refractivity contribution is 7.73. The number of hydrogen-bond acceptors (Lipinski definition) is 0. The summed E-state index contributed by atoms with van der Waals surface area (Å²) in [5, 5.41) is 2.50. The molecule has 0 atom stereocenters. The van der Waals surface area contributed by atoms with Crippen molar-refractivity contribution in [3.05, 3.63) is 60.7 Å². The predicted octanol–water partition coefficient (Wildman–Crippen LogP) is 3.09. The van der Waals surface area contributed by atoms with Gasteiger partial charge in [0, 0.05) is 6.16 Å². The molecule has 16 heavy (non-hydrogen) atoms. The van der Waals surface area contributed by atoms with E-state index in [-0.39, 0.29) is 6.67 Å². The lowest BCUT2D eigenvalue weighted by Gasteiger charge is -2.16. The van der Waals surface area contributed by atoms with E-state index < -0.39 is 7.92 Å². The maximum absolute atomic E-state index is 12.6. The molecule has 2 heteroatoms. The van der Waals surface area contributed by atoms with Gasteiger partial charge in [0.25, 0.3) is 0 Å². The molecule has 0 radical (unpaired) electrons. The lowest BCUT2D eigenvalue weighted by atomic mass is 10.4. The Bertz CT molecular complexity index is 374. The Morgan fingerprint density at radius 2 is 1.19 bits per heavy atom. The second kappa shape index (κ2) is 5.77. The summed E-state index contributed by atoms with van der Waals surface area (Å²) in [5.74, 6) is 0. The second-order valence-electron chi connectivity index (χ2n) is 3.51. The zero-order chi connectivity index (χ0) is 11.2. The van der Waals surface area contributed by atoms with Crippen LogP contribution in [0.3, 0.4) is 0 Å². The summed E-state index contributed by atoms with van der Waals surface area (Å²) in [6.07, 6.45) is 0.614. The molecule has 0 N–H and O–H groups in total. The average Bonchev–Trinajstić information content (AvgIpc) is 2.38. The lowest BCUT2D eigenvalue weighted by molar-refractivity contribution is 0.531. The average molecular weight is 232 g/mol. The van der Waals surface area contributed by atoms with Crippen molar-refractivity contribution in [1.82, 2.24) is 0 Å². The summed E-state index contributed by atoms with van der Waals surface area (Å²) < 4.78 is 12.6. The molecule has 0 saturated heterocycles. The van der Waals surface area contributed by atoms with Crippen molar-refractivity contribution in [3.63, 3.8) is 0 Å². The summed E-state index contributed by atoms with van der Waals surface area (Å²) >= 11 is 0. The Morgan fingerprint density at radius 3 is 1.56 bits per heavy atom. The van der Waals surface area contributed by atoms with E-state index in [4.69, 9.17) is 0 Å². The van der Waals surface area contributed by atoms with Crippen LogP contribution in [0.1, 0.15) is 0 Å². The first-order valence-corrected chi connectivity index (χ1v) is 6.88. The van der Waals surface area contributed by atoms with Crippen LogP contribution in [-0.4, -0.2) is 12.8 Å². The van der Waals surface area contributed by atoms with Crippen LogP contribution < -0.4 is 10.6 Å². The Hall–Kier alpha value is -1.20. The molecule has 0 unspecified atom stereocenters. The highest BCUT2D eigenvalue weighted by atomic mass is 31.1. The summed E-state index contributed by atoms with van der Waals surface area (Å²) in [5.41, 5.74) is 0.